The van der Waals surface area contributed by atoms with E-state index in [9.17, 15) is 4.79 Å². The fourth-order valence-corrected chi connectivity index (χ4v) is 0.771. The van der Waals surface area contributed by atoms with Gasteiger partial charge in [0.25, 0.3) is 0 Å². The largest absolute Gasteiger partial charge is 0.420 e. The van der Waals surface area contributed by atoms with Gasteiger partial charge in [0.15, 0.2) is 0 Å². The van der Waals surface area contributed by atoms with Gasteiger partial charge in [-0.3, -0.25) is 0 Å². The van der Waals surface area contributed by atoms with Gasteiger partial charge in [0.2, 0.25) is 6.29 Å². The van der Waals surface area contributed by atoms with E-state index in [1.165, 1.54) is 0 Å². The molecule has 1 rings (SSSR count). The first-order valence-electron chi connectivity index (χ1n) is 2.87. The Balaban J connectivity index is 2.19. The number of amides is 1. The number of primary amides is 1. The summed E-state index contributed by atoms with van der Waals surface area (Å²) >= 11 is 0. The van der Waals surface area contributed by atoms with Crippen LogP contribution < -0.4 is 5.73 Å². The zero-order chi connectivity index (χ0) is 6.69. The fraction of sp³-hybridized carbons (Fsp3) is 0.800. The van der Waals surface area contributed by atoms with Gasteiger partial charge in [0, 0.05) is 6.42 Å². The lowest BCUT2D eigenvalue weighted by atomic mass is 10.4. The molecule has 1 aliphatic rings. The van der Waals surface area contributed by atoms with Crippen molar-refractivity contribution < 1.29 is 14.3 Å². The van der Waals surface area contributed by atoms with Crippen molar-refractivity contribution in [1.29, 1.82) is 0 Å². The van der Waals surface area contributed by atoms with E-state index in [1.54, 1.807) is 0 Å². The molecule has 1 saturated heterocycles. The zero-order valence-electron chi connectivity index (χ0n) is 5.00. The third-order valence-electron chi connectivity index (χ3n) is 1.14. The quantitative estimate of drug-likeness (QED) is 0.553. The monoisotopic (exact) mass is 131 g/mol. The predicted molar refractivity (Wildman–Crippen MR) is 29.6 cm³/mol. The van der Waals surface area contributed by atoms with Gasteiger partial charge in [-0.1, -0.05) is 0 Å². The lowest BCUT2D eigenvalue weighted by Crippen LogP contribution is -2.21. The Bertz CT molecular complexity index is 109. The number of ether oxygens (including phenoxy) is 2. The molecule has 0 aromatic carbocycles. The van der Waals surface area contributed by atoms with Gasteiger partial charge in [-0.15, -0.1) is 0 Å². The fourth-order valence-electron chi connectivity index (χ4n) is 0.771. The SMILES string of the molecule is NC(=O)OC1CCCO1. The molecule has 0 radical (unpaired) electrons. The van der Waals surface area contributed by atoms with Crippen LogP contribution in [-0.2, 0) is 9.47 Å². The molecule has 0 bridgehead atoms. The lowest BCUT2D eigenvalue weighted by molar-refractivity contribution is -0.0649. The second-order valence-electron chi connectivity index (χ2n) is 1.88. The topological polar surface area (TPSA) is 61.6 Å². The van der Waals surface area contributed by atoms with E-state index in [1.807, 2.05) is 0 Å². The molecule has 1 heterocycles. The van der Waals surface area contributed by atoms with E-state index in [2.05, 4.69) is 4.74 Å². The van der Waals surface area contributed by atoms with Crippen LogP contribution in [0.5, 0.6) is 0 Å². The van der Waals surface area contributed by atoms with E-state index in [4.69, 9.17) is 10.5 Å². The molecule has 1 fully saturated rings. The number of nitrogens with two attached hydrogens (primary N) is 1. The average Bonchev–Trinajstić information content (AvgIpc) is 2.15. The van der Waals surface area contributed by atoms with Crippen LogP contribution in [0, 0.1) is 0 Å². The summed E-state index contributed by atoms with van der Waals surface area (Å²) < 4.78 is 9.47. The lowest BCUT2D eigenvalue weighted by Gasteiger charge is -2.06. The molecule has 1 unspecified atom stereocenters. The minimum atomic E-state index is -0.762. The highest BCUT2D eigenvalue weighted by atomic mass is 16.7. The van der Waals surface area contributed by atoms with E-state index in [-0.39, 0.29) is 6.29 Å². The van der Waals surface area contributed by atoms with Crippen molar-refractivity contribution in [3.63, 3.8) is 0 Å². The van der Waals surface area contributed by atoms with Gasteiger partial charge in [-0.05, 0) is 6.42 Å². The standard InChI is InChI=1S/C5H9NO3/c6-5(7)9-4-2-1-3-8-4/h4H,1-3H2,(H2,6,7). The molecule has 4 nitrogen and oxygen atoms in total. The number of hydrogen-bond donors (Lipinski definition) is 1. The summed E-state index contributed by atoms with van der Waals surface area (Å²) in [5.74, 6) is 0. The Morgan fingerprint density at radius 2 is 2.56 bits per heavy atom. The normalized spacial score (nSPS) is 26.0. The van der Waals surface area contributed by atoms with Crippen molar-refractivity contribution in [1.82, 2.24) is 0 Å². The zero-order valence-corrected chi connectivity index (χ0v) is 5.00. The number of carbonyl (C=O) groups is 1. The minimum Gasteiger partial charge on any atom is -0.420 e. The van der Waals surface area contributed by atoms with Gasteiger partial charge in [-0.25, -0.2) is 4.79 Å². The van der Waals surface area contributed by atoms with Crippen molar-refractivity contribution in [3.8, 4) is 0 Å². The molecule has 0 aliphatic carbocycles. The van der Waals surface area contributed by atoms with E-state index in [0.717, 1.165) is 12.8 Å². The highest BCUT2D eigenvalue weighted by Crippen LogP contribution is 2.12. The van der Waals surface area contributed by atoms with Gasteiger partial charge in [0.05, 0.1) is 6.61 Å². The van der Waals surface area contributed by atoms with Gasteiger partial charge < -0.3 is 15.2 Å². The first kappa shape index (κ1) is 6.35. The predicted octanol–water partition coefficient (Wildman–Crippen LogP) is 0.218. The molecule has 0 spiro atoms. The van der Waals surface area contributed by atoms with Crippen LogP contribution in [0.1, 0.15) is 12.8 Å². The second kappa shape index (κ2) is 2.68. The van der Waals surface area contributed by atoms with Crippen LogP contribution in [0.15, 0.2) is 0 Å². The molecule has 4 heteroatoms. The van der Waals surface area contributed by atoms with E-state index >= 15 is 0 Å². The molecule has 1 amide bonds. The van der Waals surface area contributed by atoms with Gasteiger partial charge in [0.1, 0.15) is 0 Å². The molecule has 1 aliphatic heterocycles. The van der Waals surface area contributed by atoms with E-state index in [0.29, 0.717) is 6.61 Å². The summed E-state index contributed by atoms with van der Waals surface area (Å²) in [6.45, 7) is 0.665. The summed E-state index contributed by atoms with van der Waals surface area (Å²) in [5.41, 5.74) is 4.73. The third kappa shape index (κ3) is 1.89. The average molecular weight is 131 g/mol. The van der Waals surface area contributed by atoms with Crippen LogP contribution in [0.3, 0.4) is 0 Å². The van der Waals surface area contributed by atoms with Gasteiger partial charge in [-0.2, -0.15) is 0 Å². The first-order chi connectivity index (χ1) is 4.29. The number of hydrogen-bond acceptors (Lipinski definition) is 3. The van der Waals surface area contributed by atoms with Crippen molar-refractivity contribution in [2.24, 2.45) is 5.73 Å². The molecule has 1 atom stereocenters. The molecular weight excluding hydrogens is 122 g/mol. The van der Waals surface area contributed by atoms with Crippen LogP contribution in [-0.4, -0.2) is 19.0 Å². The van der Waals surface area contributed by atoms with E-state index < -0.39 is 6.09 Å². The minimum absolute atomic E-state index is 0.387. The third-order valence-corrected chi connectivity index (χ3v) is 1.14. The van der Waals surface area contributed by atoms with Gasteiger partial charge >= 0.3 is 6.09 Å². The maximum Gasteiger partial charge on any atom is 0.406 e. The summed E-state index contributed by atoms with van der Waals surface area (Å²) in [7, 11) is 0. The molecule has 9 heavy (non-hydrogen) atoms. The maximum atomic E-state index is 10.1. The highest BCUT2D eigenvalue weighted by Gasteiger charge is 2.17. The highest BCUT2D eigenvalue weighted by molar-refractivity contribution is 5.64. The smallest absolute Gasteiger partial charge is 0.406 e. The Kier molecular flexibility index (Phi) is 1.89. The Hall–Kier alpha value is -0.770. The molecule has 2 N–H and O–H groups in total. The number of carbonyl (C=O) groups excluding carboxylic acids is 1. The Labute approximate surface area is 52.9 Å². The van der Waals surface area contributed by atoms with Crippen LogP contribution in [0.4, 0.5) is 4.79 Å². The van der Waals surface area contributed by atoms with Crippen molar-refractivity contribution in [3.05, 3.63) is 0 Å². The Morgan fingerprint density at radius 3 is 3.00 bits per heavy atom. The first-order valence-corrected chi connectivity index (χ1v) is 2.87. The second-order valence-corrected chi connectivity index (χ2v) is 1.88. The molecular formula is C5H9NO3. The maximum absolute atomic E-state index is 10.1. The van der Waals surface area contributed by atoms with Crippen molar-refractivity contribution in [2.75, 3.05) is 6.61 Å². The van der Waals surface area contributed by atoms with Crippen LogP contribution >= 0.6 is 0 Å². The summed E-state index contributed by atoms with van der Waals surface area (Å²) in [6, 6.07) is 0. The molecule has 0 saturated carbocycles. The van der Waals surface area contributed by atoms with Crippen molar-refractivity contribution >= 4 is 6.09 Å². The molecule has 52 valence electrons. The summed E-state index contributed by atoms with van der Waals surface area (Å²) in [6.07, 6.45) is 0.561. The van der Waals surface area contributed by atoms with Crippen LogP contribution in [0.25, 0.3) is 0 Å². The van der Waals surface area contributed by atoms with Crippen molar-refractivity contribution in [2.45, 2.75) is 19.1 Å². The number of rotatable bonds is 1. The summed E-state index contributed by atoms with van der Waals surface area (Å²) in [4.78, 5) is 10.1. The Morgan fingerprint density at radius 1 is 1.78 bits per heavy atom. The van der Waals surface area contributed by atoms with Crippen LogP contribution in [0.2, 0.25) is 0 Å². The molecule has 0 aromatic heterocycles. The molecule has 0 aromatic rings. The summed E-state index contributed by atoms with van der Waals surface area (Å²) in [5, 5.41) is 0.